The number of ketones is 1. The van der Waals surface area contributed by atoms with Gasteiger partial charge in [0.25, 0.3) is 0 Å². The Morgan fingerprint density at radius 1 is 1.13 bits per heavy atom. The van der Waals surface area contributed by atoms with Crippen LogP contribution in [-0.2, 0) is 9.59 Å². The van der Waals surface area contributed by atoms with Crippen LogP contribution in [0.2, 0.25) is 0 Å². The van der Waals surface area contributed by atoms with Crippen LogP contribution in [0.5, 0.6) is 0 Å². The summed E-state index contributed by atoms with van der Waals surface area (Å²) in [5.41, 5.74) is -0.0846. The van der Waals surface area contributed by atoms with Gasteiger partial charge in [-0.1, -0.05) is 27.6 Å². The van der Waals surface area contributed by atoms with E-state index < -0.39 is 24.8 Å². The molecule has 3 unspecified atom stereocenters. The van der Waals surface area contributed by atoms with Gasteiger partial charge in [-0.15, -0.1) is 0 Å². The molecule has 0 radical (unpaired) electrons. The van der Waals surface area contributed by atoms with Gasteiger partial charge >= 0.3 is 5.97 Å². The first-order valence-electron chi connectivity index (χ1n) is 13.7. The maximum atomic E-state index is 14.1. The predicted octanol–water partition coefficient (Wildman–Crippen LogP) is 5.32. The Morgan fingerprint density at radius 3 is 2.53 bits per heavy atom. The lowest BCUT2D eigenvalue weighted by Crippen LogP contribution is -2.60. The summed E-state index contributed by atoms with van der Waals surface area (Å²) in [6.07, 6.45) is 6.54. The monoisotopic (exact) mass is 421 g/mol. The minimum atomic E-state index is -2.15. The molecule has 4 nitrogen and oxygen atoms in total. The van der Waals surface area contributed by atoms with Crippen molar-refractivity contribution in [2.24, 2.45) is 52.3 Å². The van der Waals surface area contributed by atoms with Crippen LogP contribution in [0, 0.1) is 52.3 Å². The first-order chi connectivity index (χ1) is 15.3. The maximum absolute atomic E-state index is 14.1. The highest BCUT2D eigenvalue weighted by molar-refractivity contribution is 5.86. The summed E-state index contributed by atoms with van der Waals surface area (Å²) in [6, 6.07) is 0. The van der Waals surface area contributed by atoms with Crippen molar-refractivity contribution in [3.63, 3.8) is 0 Å². The molecule has 170 valence electrons. The predicted molar refractivity (Wildman–Crippen MR) is 117 cm³/mol. The number of aliphatic hydroxyl groups excluding tert-OH is 1. The Balaban J connectivity index is 1.66. The van der Waals surface area contributed by atoms with Crippen LogP contribution in [0.1, 0.15) is 95.9 Å². The van der Waals surface area contributed by atoms with E-state index in [9.17, 15) is 14.7 Å². The van der Waals surface area contributed by atoms with Crippen molar-refractivity contribution in [1.82, 2.24) is 0 Å². The molecule has 0 bridgehead atoms. The summed E-state index contributed by atoms with van der Waals surface area (Å²) in [7, 11) is 0. The van der Waals surface area contributed by atoms with E-state index in [2.05, 4.69) is 20.8 Å². The van der Waals surface area contributed by atoms with E-state index in [1.165, 1.54) is 0 Å². The molecule has 0 spiro atoms. The number of aliphatic carboxylic acids is 1. The molecule has 0 saturated heterocycles. The van der Waals surface area contributed by atoms with E-state index in [0.29, 0.717) is 24.7 Å². The van der Waals surface area contributed by atoms with Crippen molar-refractivity contribution in [3.05, 3.63) is 0 Å². The summed E-state index contributed by atoms with van der Waals surface area (Å²) in [5.74, 6) is 0.000666. The van der Waals surface area contributed by atoms with Crippen LogP contribution in [0.25, 0.3) is 0 Å². The lowest BCUT2D eigenvalue weighted by molar-refractivity contribution is -0.173. The normalized spacial score (nSPS) is 51.0. The molecule has 0 aliphatic heterocycles. The molecule has 0 heterocycles. The number of carboxylic acids is 1. The van der Waals surface area contributed by atoms with Gasteiger partial charge in [-0.3, -0.25) is 9.59 Å². The minimum Gasteiger partial charge on any atom is -0.481 e. The summed E-state index contributed by atoms with van der Waals surface area (Å²) >= 11 is 0. The second-order valence-corrected chi connectivity index (χ2v) is 11.6. The van der Waals surface area contributed by atoms with E-state index >= 15 is 0 Å². The summed E-state index contributed by atoms with van der Waals surface area (Å²) in [4.78, 5) is 25.3. The van der Waals surface area contributed by atoms with Gasteiger partial charge in [-0.2, -0.15) is 0 Å². The van der Waals surface area contributed by atoms with E-state index in [0.717, 1.165) is 38.5 Å². The largest absolute Gasteiger partial charge is 0.481 e. The van der Waals surface area contributed by atoms with Gasteiger partial charge in [0.15, 0.2) is 0 Å². The molecule has 0 amide bonds. The van der Waals surface area contributed by atoms with Crippen molar-refractivity contribution in [1.29, 1.82) is 0 Å². The number of Topliss-reactive ketones (excluding diaryl/α,β-unsaturated/α-hetero) is 1. The fraction of sp³-hybridized carbons (Fsp3) is 0.923. The number of carbonyl (C=O) groups excluding carboxylic acids is 1. The van der Waals surface area contributed by atoms with Crippen LogP contribution in [0.3, 0.4) is 0 Å². The zero-order valence-corrected chi connectivity index (χ0v) is 18.9. The summed E-state index contributed by atoms with van der Waals surface area (Å²) in [6.45, 7) is 4.63. The molecule has 4 heteroatoms. The average Bonchev–Trinajstić information content (AvgIpc) is 3.06. The maximum Gasteiger partial charge on any atom is 0.303 e. The molecule has 0 aromatic carbocycles. The number of rotatable bonds is 5. The molecule has 4 aliphatic carbocycles. The molecule has 4 rings (SSSR count). The molecule has 4 saturated carbocycles. The third-order valence-electron chi connectivity index (χ3n) is 10.5. The SMILES string of the molecule is [2H]C([2H])([2H])C[C@H]1C(=O)C2C3CC[C@H]([C@H](C)CCC(=O)O)[C@@]3(C)CCC2[C@@]2(C)CC[C@@H](O)C[C@@H]12. The smallest absolute Gasteiger partial charge is 0.303 e. The second kappa shape index (κ2) is 7.90. The van der Waals surface area contributed by atoms with Gasteiger partial charge in [0.2, 0.25) is 0 Å². The Bertz CT molecular complexity index is 782. The molecule has 30 heavy (non-hydrogen) atoms. The van der Waals surface area contributed by atoms with Crippen molar-refractivity contribution < 1.29 is 23.9 Å². The van der Waals surface area contributed by atoms with Crippen LogP contribution < -0.4 is 0 Å². The standard InChI is InChI=1S/C26H42O4/c1-5-17-21-14-16(27)10-12-26(21,4)20-11-13-25(3)18(15(2)6-9-22(28)29)7-8-19(25)23(20)24(17)30/h15-21,23,27H,5-14H2,1-4H3,(H,28,29)/t15-,16-,17-,18-,19?,20?,21+,23?,25-,26-/m1/s1/i1D3. The Labute approximate surface area is 186 Å². The molecular formula is C26H42O4. The molecule has 2 N–H and O–H groups in total. The van der Waals surface area contributed by atoms with Gasteiger partial charge in [0.05, 0.1) is 6.10 Å². The minimum absolute atomic E-state index is 0.0106. The van der Waals surface area contributed by atoms with E-state index in [4.69, 9.17) is 9.22 Å². The number of aliphatic hydroxyl groups is 1. The topological polar surface area (TPSA) is 74.6 Å². The quantitative estimate of drug-likeness (QED) is 0.630. The third-order valence-corrected chi connectivity index (χ3v) is 10.5. The highest BCUT2D eigenvalue weighted by Crippen LogP contribution is 2.68. The lowest BCUT2D eigenvalue weighted by Gasteiger charge is -2.62. The molecule has 0 aromatic heterocycles. The highest BCUT2D eigenvalue weighted by Gasteiger charge is 2.65. The Kier molecular flexibility index (Phi) is 4.91. The number of carboxylic acid groups (broad SMARTS) is 1. The highest BCUT2D eigenvalue weighted by atomic mass is 16.4. The van der Waals surface area contributed by atoms with Gasteiger partial charge < -0.3 is 10.2 Å². The van der Waals surface area contributed by atoms with Gasteiger partial charge in [-0.05, 0) is 98.2 Å². The number of fused-ring (bicyclic) bond motifs is 5. The number of carbonyl (C=O) groups is 2. The average molecular weight is 422 g/mol. The summed E-state index contributed by atoms with van der Waals surface area (Å²) in [5, 5.41) is 19.6. The zero-order valence-electron chi connectivity index (χ0n) is 21.9. The molecule has 0 aromatic rings. The van der Waals surface area contributed by atoms with Crippen molar-refractivity contribution in [2.45, 2.75) is 97.9 Å². The number of hydrogen-bond donors (Lipinski definition) is 2. The second-order valence-electron chi connectivity index (χ2n) is 11.6. The van der Waals surface area contributed by atoms with Crippen molar-refractivity contribution >= 4 is 11.8 Å². The Hall–Kier alpha value is -0.900. The van der Waals surface area contributed by atoms with Crippen LogP contribution in [0.15, 0.2) is 0 Å². The zero-order chi connectivity index (χ0) is 24.3. The van der Waals surface area contributed by atoms with E-state index in [1.54, 1.807) is 0 Å². The Morgan fingerprint density at radius 2 is 1.83 bits per heavy atom. The van der Waals surface area contributed by atoms with Crippen molar-refractivity contribution in [2.75, 3.05) is 0 Å². The lowest BCUT2D eigenvalue weighted by atomic mass is 9.42. The number of hydrogen-bond acceptors (Lipinski definition) is 3. The molecule has 4 fully saturated rings. The summed E-state index contributed by atoms with van der Waals surface area (Å²) < 4.78 is 23.8. The van der Waals surface area contributed by atoms with E-state index in [-0.39, 0.29) is 53.1 Å². The molecule has 4 aliphatic rings. The van der Waals surface area contributed by atoms with Gasteiger partial charge in [0.1, 0.15) is 5.78 Å². The molecule has 10 atom stereocenters. The van der Waals surface area contributed by atoms with E-state index in [1.807, 2.05) is 0 Å². The fourth-order valence-electron chi connectivity index (χ4n) is 8.92. The van der Waals surface area contributed by atoms with Crippen LogP contribution >= 0.6 is 0 Å². The fourth-order valence-corrected chi connectivity index (χ4v) is 8.92. The molecular weight excluding hydrogens is 376 g/mol. The van der Waals surface area contributed by atoms with Crippen LogP contribution in [0.4, 0.5) is 0 Å². The third kappa shape index (κ3) is 3.27. The first kappa shape index (κ1) is 18.7. The van der Waals surface area contributed by atoms with Crippen molar-refractivity contribution in [3.8, 4) is 0 Å². The van der Waals surface area contributed by atoms with Gasteiger partial charge in [-0.25, -0.2) is 0 Å². The first-order valence-corrected chi connectivity index (χ1v) is 12.2. The van der Waals surface area contributed by atoms with Crippen LogP contribution in [-0.4, -0.2) is 28.1 Å². The van der Waals surface area contributed by atoms with Gasteiger partial charge in [0, 0.05) is 22.4 Å².